The van der Waals surface area contributed by atoms with Gasteiger partial charge < -0.3 is 14.2 Å². The first-order chi connectivity index (χ1) is 11.2. The highest BCUT2D eigenvalue weighted by atomic mass is 28.3. The Labute approximate surface area is 146 Å². The lowest BCUT2D eigenvalue weighted by Gasteiger charge is -2.31. The average molecular weight is 357 g/mol. The molecular formula is C18H32O5Si. The number of ether oxygens (including phenoxy) is 3. The van der Waals surface area contributed by atoms with Crippen molar-refractivity contribution in [1.82, 2.24) is 0 Å². The van der Waals surface area contributed by atoms with Crippen molar-refractivity contribution in [2.75, 3.05) is 7.11 Å². The van der Waals surface area contributed by atoms with Crippen LogP contribution >= 0.6 is 0 Å². The Balaban J connectivity index is 2.82. The van der Waals surface area contributed by atoms with Crippen molar-refractivity contribution in [2.24, 2.45) is 5.92 Å². The zero-order valence-corrected chi connectivity index (χ0v) is 16.7. The molecule has 0 aromatic rings. The summed E-state index contributed by atoms with van der Waals surface area (Å²) >= 11 is 0. The minimum Gasteiger partial charge on any atom is -0.464 e. The first-order valence-electron chi connectivity index (χ1n) is 8.81. The van der Waals surface area contributed by atoms with E-state index in [0.29, 0.717) is 5.92 Å². The van der Waals surface area contributed by atoms with Gasteiger partial charge in [-0.1, -0.05) is 50.7 Å². The van der Waals surface area contributed by atoms with Crippen LogP contribution in [0.4, 0.5) is 0 Å². The Kier molecular flexibility index (Phi) is 8.70. The third-order valence-corrected chi connectivity index (χ3v) is 5.36. The SMILES string of the molecule is COC(=O)C(OC(C)=O)OC(C/C=C\[Si](C)(C)C)C1CCCCC1. The fraction of sp³-hybridized carbons (Fsp3) is 0.778. The van der Waals surface area contributed by atoms with Crippen LogP contribution in [-0.4, -0.2) is 39.5 Å². The topological polar surface area (TPSA) is 61.8 Å². The molecule has 1 aliphatic rings. The van der Waals surface area contributed by atoms with E-state index in [4.69, 9.17) is 14.2 Å². The molecule has 6 heteroatoms. The van der Waals surface area contributed by atoms with Gasteiger partial charge in [0, 0.05) is 6.92 Å². The number of rotatable bonds is 8. The molecule has 0 bridgehead atoms. The van der Waals surface area contributed by atoms with Gasteiger partial charge >= 0.3 is 18.2 Å². The van der Waals surface area contributed by atoms with E-state index in [0.717, 1.165) is 19.3 Å². The van der Waals surface area contributed by atoms with Crippen LogP contribution in [0.5, 0.6) is 0 Å². The molecule has 0 spiro atoms. The molecule has 0 N–H and O–H groups in total. The standard InChI is InChI=1S/C18H32O5Si/c1-14(19)22-18(17(20)21-2)23-16(12-9-13-24(3,4)5)15-10-7-6-8-11-15/h9,13,15-16,18H,6-8,10-12H2,1-5H3/b13-9-. The van der Waals surface area contributed by atoms with E-state index in [2.05, 4.69) is 31.4 Å². The summed E-state index contributed by atoms with van der Waals surface area (Å²) < 4.78 is 15.6. The predicted molar refractivity (Wildman–Crippen MR) is 96.1 cm³/mol. The van der Waals surface area contributed by atoms with E-state index >= 15 is 0 Å². The van der Waals surface area contributed by atoms with Gasteiger partial charge in [0.2, 0.25) is 0 Å². The summed E-state index contributed by atoms with van der Waals surface area (Å²) in [6.45, 7) is 8.09. The maximum Gasteiger partial charge on any atom is 0.376 e. The summed E-state index contributed by atoms with van der Waals surface area (Å²) in [6.07, 6.45) is 7.24. The minimum atomic E-state index is -1.28. The van der Waals surface area contributed by atoms with Crippen molar-refractivity contribution < 1.29 is 23.8 Å². The van der Waals surface area contributed by atoms with Crippen LogP contribution < -0.4 is 0 Å². The molecular weight excluding hydrogens is 324 g/mol. The van der Waals surface area contributed by atoms with Gasteiger partial charge in [0.1, 0.15) is 0 Å². The van der Waals surface area contributed by atoms with Crippen LogP contribution in [0.3, 0.4) is 0 Å². The van der Waals surface area contributed by atoms with E-state index in [9.17, 15) is 9.59 Å². The van der Waals surface area contributed by atoms with Crippen LogP contribution in [0.15, 0.2) is 11.8 Å². The number of hydrogen-bond acceptors (Lipinski definition) is 5. The Hall–Kier alpha value is -1.14. The summed E-state index contributed by atoms with van der Waals surface area (Å²) in [5.41, 5.74) is 2.28. The summed E-state index contributed by atoms with van der Waals surface area (Å²) in [6, 6.07) is 0. The molecule has 2 unspecified atom stereocenters. The molecule has 1 saturated carbocycles. The highest BCUT2D eigenvalue weighted by Crippen LogP contribution is 2.30. The van der Waals surface area contributed by atoms with Crippen molar-refractivity contribution in [3.05, 3.63) is 11.8 Å². The Morgan fingerprint density at radius 2 is 1.79 bits per heavy atom. The third-order valence-electron chi connectivity index (χ3n) is 4.13. The molecule has 0 amide bonds. The van der Waals surface area contributed by atoms with Crippen molar-refractivity contribution in [3.63, 3.8) is 0 Å². The average Bonchev–Trinajstić information content (AvgIpc) is 2.51. The lowest BCUT2D eigenvalue weighted by atomic mass is 9.84. The van der Waals surface area contributed by atoms with Crippen LogP contribution in [0, 0.1) is 5.92 Å². The first-order valence-corrected chi connectivity index (χ1v) is 12.4. The van der Waals surface area contributed by atoms with Crippen molar-refractivity contribution in [1.29, 1.82) is 0 Å². The van der Waals surface area contributed by atoms with Gasteiger partial charge in [-0.05, 0) is 25.2 Å². The molecule has 0 aromatic carbocycles. The van der Waals surface area contributed by atoms with E-state index < -0.39 is 26.3 Å². The lowest BCUT2D eigenvalue weighted by molar-refractivity contribution is -0.211. The third kappa shape index (κ3) is 8.10. The van der Waals surface area contributed by atoms with Crippen molar-refractivity contribution >= 4 is 20.0 Å². The number of hydrogen-bond donors (Lipinski definition) is 0. The number of carbonyl (C=O) groups is 2. The van der Waals surface area contributed by atoms with Gasteiger partial charge in [0.05, 0.1) is 21.3 Å². The molecule has 1 rings (SSSR count). The lowest BCUT2D eigenvalue weighted by Crippen LogP contribution is -2.37. The zero-order chi connectivity index (χ0) is 18.2. The maximum atomic E-state index is 11.9. The molecule has 0 aromatic heterocycles. The fourth-order valence-electron chi connectivity index (χ4n) is 2.96. The monoisotopic (exact) mass is 356 g/mol. The Morgan fingerprint density at radius 3 is 2.29 bits per heavy atom. The maximum absolute atomic E-state index is 11.9. The van der Waals surface area contributed by atoms with Crippen molar-refractivity contribution in [2.45, 2.75) is 77.5 Å². The molecule has 1 fully saturated rings. The van der Waals surface area contributed by atoms with Gasteiger partial charge in [0.25, 0.3) is 0 Å². The molecule has 138 valence electrons. The van der Waals surface area contributed by atoms with E-state index in [1.165, 1.54) is 33.3 Å². The normalized spacial score (nSPS) is 19.0. The number of esters is 2. The van der Waals surface area contributed by atoms with Crippen LogP contribution in [0.1, 0.15) is 45.4 Å². The molecule has 0 radical (unpaired) electrons. The predicted octanol–water partition coefficient (Wildman–Crippen LogP) is 3.84. The van der Waals surface area contributed by atoms with Gasteiger partial charge in [-0.15, -0.1) is 0 Å². The fourth-order valence-corrected chi connectivity index (χ4v) is 3.80. The molecule has 0 saturated heterocycles. The molecule has 1 aliphatic carbocycles. The Bertz CT molecular complexity index is 435. The summed E-state index contributed by atoms with van der Waals surface area (Å²) in [4.78, 5) is 23.1. The van der Waals surface area contributed by atoms with Gasteiger partial charge in [-0.25, -0.2) is 4.79 Å². The van der Waals surface area contributed by atoms with Crippen LogP contribution in [0.2, 0.25) is 19.6 Å². The second kappa shape index (κ2) is 9.99. The number of methoxy groups -OCH3 is 1. The zero-order valence-electron chi connectivity index (χ0n) is 15.7. The molecule has 0 heterocycles. The second-order valence-electron chi connectivity index (χ2n) is 7.54. The van der Waals surface area contributed by atoms with E-state index in [-0.39, 0.29) is 6.10 Å². The quantitative estimate of drug-likeness (QED) is 0.376. The summed E-state index contributed by atoms with van der Waals surface area (Å²) in [7, 11) is -0.0147. The molecule has 2 atom stereocenters. The van der Waals surface area contributed by atoms with Gasteiger partial charge in [0.15, 0.2) is 0 Å². The first kappa shape index (κ1) is 20.9. The van der Waals surface area contributed by atoms with Crippen LogP contribution in [-0.2, 0) is 23.8 Å². The molecule has 0 aliphatic heterocycles. The minimum absolute atomic E-state index is 0.138. The van der Waals surface area contributed by atoms with E-state index in [1.807, 2.05) is 0 Å². The number of carbonyl (C=O) groups excluding carboxylic acids is 2. The van der Waals surface area contributed by atoms with Crippen LogP contribution in [0.25, 0.3) is 0 Å². The molecule has 24 heavy (non-hydrogen) atoms. The summed E-state index contributed by atoms with van der Waals surface area (Å²) in [5, 5.41) is 0. The highest BCUT2D eigenvalue weighted by Gasteiger charge is 2.31. The summed E-state index contributed by atoms with van der Waals surface area (Å²) in [5.74, 6) is -0.835. The van der Waals surface area contributed by atoms with Crippen molar-refractivity contribution in [3.8, 4) is 0 Å². The van der Waals surface area contributed by atoms with E-state index in [1.54, 1.807) is 0 Å². The Morgan fingerprint density at radius 1 is 1.17 bits per heavy atom. The van der Waals surface area contributed by atoms with Gasteiger partial charge in [-0.2, -0.15) is 0 Å². The largest absolute Gasteiger partial charge is 0.464 e. The highest BCUT2D eigenvalue weighted by molar-refractivity contribution is 6.80. The smallest absolute Gasteiger partial charge is 0.376 e. The van der Waals surface area contributed by atoms with Gasteiger partial charge in [-0.3, -0.25) is 4.79 Å². The second-order valence-corrected chi connectivity index (χ2v) is 12.6. The molecule has 5 nitrogen and oxygen atoms in total.